The van der Waals surface area contributed by atoms with E-state index in [1.54, 1.807) is 0 Å². The molecule has 0 spiro atoms. The predicted molar refractivity (Wildman–Crippen MR) is 80.4 cm³/mol. The maximum Gasteiger partial charge on any atom is 0.442 e. The number of benzene rings is 2. The highest BCUT2D eigenvalue weighted by molar-refractivity contribution is 8.63. The molecule has 2 aromatic carbocycles. The molecule has 92 valence electrons. The molecule has 2 aromatic rings. The third-order valence-electron chi connectivity index (χ3n) is 3.10. The van der Waals surface area contributed by atoms with Crippen molar-refractivity contribution in [1.82, 2.24) is 0 Å². The third kappa shape index (κ3) is 2.47. The van der Waals surface area contributed by atoms with E-state index in [0.29, 0.717) is 0 Å². The Labute approximate surface area is 117 Å². The first-order valence-corrected chi connectivity index (χ1v) is 9.07. The molecule has 0 aliphatic heterocycles. The first-order valence-electron chi connectivity index (χ1n) is 5.56. The molecule has 4 heteroatoms. The van der Waals surface area contributed by atoms with E-state index in [1.807, 2.05) is 67.6 Å². The lowest BCUT2D eigenvalue weighted by Crippen LogP contribution is -2.17. The van der Waals surface area contributed by atoms with E-state index in [9.17, 15) is 4.57 Å². The van der Waals surface area contributed by atoms with Gasteiger partial charge >= 0.3 is 7.00 Å². The molecule has 18 heavy (non-hydrogen) atoms. The average Bonchev–Trinajstić information content (AvgIpc) is 2.47. The largest absolute Gasteiger partial charge is 0.442 e. The molecule has 1 atom stereocenters. The smallest absolute Gasteiger partial charge is 0.0622 e. The Hall–Kier alpha value is -0.820. The van der Waals surface area contributed by atoms with Crippen LogP contribution in [0.15, 0.2) is 60.7 Å². The van der Waals surface area contributed by atoms with Gasteiger partial charge in [-0.05, 0) is 6.92 Å². The molecule has 0 aromatic heterocycles. The summed E-state index contributed by atoms with van der Waals surface area (Å²) < 4.78 is 12.4. The van der Waals surface area contributed by atoms with E-state index in [2.05, 4.69) is 0 Å². The number of hydrogen-bond acceptors (Lipinski definition) is 2. The van der Waals surface area contributed by atoms with Gasteiger partial charge in [-0.1, -0.05) is 65.2 Å². The molecule has 2 rings (SSSR count). The quantitative estimate of drug-likeness (QED) is 0.685. The summed E-state index contributed by atoms with van der Waals surface area (Å²) in [4.78, 5) is 0. The summed E-state index contributed by atoms with van der Waals surface area (Å²) in [6, 6.07) is 19.7. The van der Waals surface area contributed by atoms with Gasteiger partial charge in [0, 0.05) is 21.8 Å². The average molecular weight is 296 g/mol. The van der Waals surface area contributed by atoms with Gasteiger partial charge in [-0.2, -0.15) is 0 Å². The fraction of sp³-hybridized carbons (Fsp3) is 0.143. The lowest BCUT2D eigenvalue weighted by Gasteiger charge is -2.18. The maximum absolute atomic E-state index is 12.4. The van der Waals surface area contributed by atoms with Crippen LogP contribution in [0.2, 0.25) is 0 Å². The van der Waals surface area contributed by atoms with Crippen molar-refractivity contribution in [1.29, 1.82) is 0 Å². The van der Waals surface area contributed by atoms with Crippen molar-refractivity contribution in [2.75, 3.05) is 0 Å². The standard InChI is InChI=1S/C14H13ClOPS/c1-14(17(16)18-15,12-8-4-2-5-9-12)13-10-6-3-7-11-13/h2-11H,1H3/q+1. The van der Waals surface area contributed by atoms with E-state index >= 15 is 0 Å². The second-order valence-electron chi connectivity index (χ2n) is 4.13. The number of rotatable bonds is 4. The molecule has 0 amide bonds. The highest BCUT2D eigenvalue weighted by Gasteiger charge is 2.48. The minimum Gasteiger partial charge on any atom is -0.0622 e. The zero-order valence-electron chi connectivity index (χ0n) is 9.92. The van der Waals surface area contributed by atoms with E-state index in [1.165, 1.54) is 0 Å². The fourth-order valence-corrected chi connectivity index (χ4v) is 5.12. The summed E-state index contributed by atoms with van der Waals surface area (Å²) in [5, 5.41) is -0.565. The Morgan fingerprint density at radius 3 is 1.67 bits per heavy atom. The Balaban J connectivity index is 2.59. The highest BCUT2D eigenvalue weighted by atomic mass is 35.7. The minimum atomic E-state index is -1.64. The normalized spacial score (nSPS) is 12.2. The molecule has 0 aliphatic rings. The molecule has 0 radical (unpaired) electrons. The Bertz CT molecular complexity index is 491. The van der Waals surface area contributed by atoms with Gasteiger partial charge in [-0.3, -0.25) is 0 Å². The van der Waals surface area contributed by atoms with E-state index in [-0.39, 0.29) is 0 Å². The van der Waals surface area contributed by atoms with Gasteiger partial charge in [0.05, 0.1) is 0 Å². The molecule has 0 saturated heterocycles. The first kappa shape index (κ1) is 13.6. The SMILES string of the molecule is CC(c1ccccc1)(c1ccccc1)[P+](=O)SCl. The van der Waals surface area contributed by atoms with Crippen LogP contribution in [0.25, 0.3) is 0 Å². The summed E-state index contributed by atoms with van der Waals surface area (Å²) in [5.41, 5.74) is 2.04. The predicted octanol–water partition coefficient (Wildman–Crippen LogP) is 5.58. The first-order chi connectivity index (χ1) is 8.69. The van der Waals surface area contributed by atoms with E-state index in [4.69, 9.17) is 10.7 Å². The molecule has 0 fully saturated rings. The molecular formula is C14H13ClOPS+. The summed E-state index contributed by atoms with van der Waals surface area (Å²) >= 11 is 0. The second kappa shape index (κ2) is 5.88. The molecular weight excluding hydrogens is 283 g/mol. The van der Waals surface area contributed by atoms with Crippen LogP contribution >= 0.6 is 28.3 Å². The summed E-state index contributed by atoms with van der Waals surface area (Å²) in [6.07, 6.45) is 0. The van der Waals surface area contributed by atoms with Gasteiger partial charge in [0.1, 0.15) is 0 Å². The molecule has 0 bridgehead atoms. The van der Waals surface area contributed by atoms with Crippen molar-refractivity contribution < 1.29 is 4.57 Å². The van der Waals surface area contributed by atoms with Crippen LogP contribution in [-0.2, 0) is 9.72 Å². The zero-order valence-corrected chi connectivity index (χ0v) is 12.4. The van der Waals surface area contributed by atoms with Gasteiger partial charge in [0.2, 0.25) is 15.8 Å². The van der Waals surface area contributed by atoms with E-state index in [0.717, 1.165) is 21.7 Å². The summed E-state index contributed by atoms with van der Waals surface area (Å²) in [7, 11) is 5.03. The Morgan fingerprint density at radius 2 is 1.33 bits per heavy atom. The fourth-order valence-electron chi connectivity index (χ4n) is 1.97. The third-order valence-corrected chi connectivity index (χ3v) is 7.07. The molecule has 0 saturated carbocycles. The summed E-state index contributed by atoms with van der Waals surface area (Å²) in [6.45, 7) is 1.98. The highest BCUT2D eigenvalue weighted by Crippen LogP contribution is 2.60. The van der Waals surface area contributed by atoms with Gasteiger partial charge in [-0.15, -0.1) is 0 Å². The molecule has 1 nitrogen and oxygen atoms in total. The molecule has 1 unspecified atom stereocenters. The minimum absolute atomic E-state index is 0.565. The van der Waals surface area contributed by atoms with E-state index < -0.39 is 12.2 Å². The van der Waals surface area contributed by atoms with Crippen LogP contribution < -0.4 is 0 Å². The maximum atomic E-state index is 12.4. The van der Waals surface area contributed by atoms with Crippen molar-refractivity contribution in [3.63, 3.8) is 0 Å². The van der Waals surface area contributed by atoms with Gasteiger partial charge in [0.15, 0.2) is 0 Å². The van der Waals surface area contributed by atoms with Crippen LogP contribution in [0.3, 0.4) is 0 Å². The second-order valence-corrected chi connectivity index (χ2v) is 8.33. The molecule has 0 aliphatic carbocycles. The molecule has 0 N–H and O–H groups in total. The lowest BCUT2D eigenvalue weighted by atomic mass is 9.92. The van der Waals surface area contributed by atoms with Crippen molar-refractivity contribution in [2.45, 2.75) is 12.1 Å². The van der Waals surface area contributed by atoms with Crippen molar-refractivity contribution in [3.05, 3.63) is 71.8 Å². The van der Waals surface area contributed by atoms with Gasteiger partial charge < -0.3 is 0 Å². The number of halogens is 1. The number of hydrogen-bond donors (Lipinski definition) is 0. The van der Waals surface area contributed by atoms with Crippen molar-refractivity contribution >= 4 is 28.3 Å². The van der Waals surface area contributed by atoms with Crippen LogP contribution in [0.5, 0.6) is 0 Å². The van der Waals surface area contributed by atoms with Crippen LogP contribution in [-0.4, -0.2) is 0 Å². The molecule has 0 heterocycles. The Morgan fingerprint density at radius 1 is 0.944 bits per heavy atom. The van der Waals surface area contributed by atoms with Gasteiger partial charge in [0.25, 0.3) is 0 Å². The lowest BCUT2D eigenvalue weighted by molar-refractivity contribution is 0.579. The van der Waals surface area contributed by atoms with Crippen molar-refractivity contribution in [2.24, 2.45) is 0 Å². The Kier molecular flexibility index (Phi) is 4.45. The van der Waals surface area contributed by atoms with Crippen LogP contribution in [0, 0.1) is 0 Å². The topological polar surface area (TPSA) is 17.1 Å². The van der Waals surface area contributed by atoms with Crippen LogP contribution in [0.4, 0.5) is 0 Å². The van der Waals surface area contributed by atoms with Crippen LogP contribution in [0.1, 0.15) is 18.1 Å². The summed E-state index contributed by atoms with van der Waals surface area (Å²) in [5.74, 6) is 0. The zero-order chi connectivity index (χ0) is 13.0. The van der Waals surface area contributed by atoms with Crippen molar-refractivity contribution in [3.8, 4) is 0 Å². The van der Waals surface area contributed by atoms with Gasteiger partial charge in [-0.25, -0.2) is 0 Å². The monoisotopic (exact) mass is 295 g/mol.